The Balaban J connectivity index is 1.78. The maximum absolute atomic E-state index is 14.3. The molecule has 0 aliphatic carbocycles. The minimum Gasteiger partial charge on any atom is -0.476 e. The van der Waals surface area contributed by atoms with Crippen molar-refractivity contribution in [1.82, 2.24) is 4.90 Å². The number of carbonyl (C=O) groups is 2. The molecule has 0 aromatic heterocycles. The van der Waals surface area contributed by atoms with Crippen LogP contribution in [0, 0.1) is 0 Å². The number of benzene rings is 4. The summed E-state index contributed by atoms with van der Waals surface area (Å²) in [7, 11) is 7.39. The van der Waals surface area contributed by atoms with Crippen molar-refractivity contribution in [3.8, 4) is 5.75 Å². The van der Waals surface area contributed by atoms with Gasteiger partial charge in [0.2, 0.25) is 0 Å². The van der Waals surface area contributed by atoms with Crippen molar-refractivity contribution in [2.45, 2.75) is 18.4 Å². The fraction of sp³-hybridized carbons (Fsp3) is 0.273. The van der Waals surface area contributed by atoms with Crippen molar-refractivity contribution in [3.05, 3.63) is 107 Å². The fourth-order valence-corrected chi connectivity index (χ4v) is 5.62. The molecule has 0 radical (unpaired) electrons. The first-order valence-electron chi connectivity index (χ1n) is 13.2. The highest BCUT2D eigenvalue weighted by molar-refractivity contribution is 6.20. The molecule has 0 bridgehead atoms. The first-order valence-corrected chi connectivity index (χ1v) is 13.2. The van der Waals surface area contributed by atoms with Crippen LogP contribution in [-0.2, 0) is 10.3 Å². The lowest BCUT2D eigenvalue weighted by molar-refractivity contribution is 0.0557. The Bertz CT molecular complexity index is 1460. The van der Waals surface area contributed by atoms with Gasteiger partial charge in [-0.3, -0.25) is 4.79 Å². The van der Waals surface area contributed by atoms with Gasteiger partial charge in [0.15, 0.2) is 11.4 Å². The van der Waals surface area contributed by atoms with Gasteiger partial charge in [0.1, 0.15) is 5.75 Å². The molecule has 5 rings (SSSR count). The number of rotatable bonds is 8. The third kappa shape index (κ3) is 4.77. The van der Waals surface area contributed by atoms with Crippen molar-refractivity contribution in [2.75, 3.05) is 46.2 Å². The Kier molecular flexibility index (Phi) is 7.40. The summed E-state index contributed by atoms with van der Waals surface area (Å²) >= 11 is 0. The van der Waals surface area contributed by atoms with E-state index in [1.54, 1.807) is 0 Å². The first-order chi connectivity index (χ1) is 18.9. The topological polar surface area (TPSA) is 59.1 Å². The highest BCUT2D eigenvalue weighted by Gasteiger charge is 2.46. The maximum Gasteiger partial charge on any atom is 0.340 e. The SMILES string of the molecule is COC(=O)c1c2c(c3ccccc3c1N(C)CCCN(C)C)OC(c1ccccc1)(c1ccccc1)CC2=O. The zero-order chi connectivity index (χ0) is 27.6. The Hall–Kier alpha value is -4.16. The van der Waals surface area contributed by atoms with Gasteiger partial charge in [-0.15, -0.1) is 0 Å². The minimum atomic E-state index is -1.04. The molecule has 0 fully saturated rings. The Morgan fingerprint density at radius 2 is 1.41 bits per heavy atom. The van der Waals surface area contributed by atoms with Gasteiger partial charge in [-0.25, -0.2) is 4.79 Å². The Morgan fingerprint density at radius 3 is 1.97 bits per heavy atom. The third-order valence-corrected chi connectivity index (χ3v) is 7.46. The van der Waals surface area contributed by atoms with Crippen molar-refractivity contribution in [3.63, 3.8) is 0 Å². The number of ether oxygens (including phenoxy) is 2. The van der Waals surface area contributed by atoms with Gasteiger partial charge in [-0.2, -0.15) is 0 Å². The standard InChI is InChI=1S/C33H34N2O4/c1-34(2)20-13-21-35(3)30-25-18-11-12-19-26(25)31-28(29(30)32(37)38-4)27(36)22-33(39-31,23-14-7-5-8-15-23)24-16-9-6-10-17-24/h5-12,14-19H,13,20-22H2,1-4H3. The van der Waals surface area contributed by atoms with Crippen LogP contribution in [0.5, 0.6) is 5.75 Å². The van der Waals surface area contributed by atoms with E-state index in [0.29, 0.717) is 18.0 Å². The summed E-state index contributed by atoms with van der Waals surface area (Å²) in [5, 5.41) is 1.63. The summed E-state index contributed by atoms with van der Waals surface area (Å²) in [5.41, 5.74) is 1.96. The number of ketones is 1. The lowest BCUT2D eigenvalue weighted by atomic mass is 9.77. The van der Waals surface area contributed by atoms with E-state index in [2.05, 4.69) is 9.80 Å². The second-order valence-electron chi connectivity index (χ2n) is 10.3. The highest BCUT2D eigenvalue weighted by Crippen LogP contribution is 2.50. The van der Waals surface area contributed by atoms with Crippen LogP contribution in [0.4, 0.5) is 5.69 Å². The molecule has 39 heavy (non-hydrogen) atoms. The number of Topliss-reactive ketones (excluding diaryl/α,β-unsaturated/α-hetero) is 1. The average Bonchev–Trinajstić information content (AvgIpc) is 2.96. The van der Waals surface area contributed by atoms with Crippen LogP contribution in [0.2, 0.25) is 0 Å². The predicted molar refractivity (Wildman–Crippen MR) is 155 cm³/mol. The highest BCUT2D eigenvalue weighted by atomic mass is 16.5. The van der Waals surface area contributed by atoms with Gasteiger partial charge in [0.05, 0.1) is 30.3 Å². The van der Waals surface area contributed by atoms with Crippen LogP contribution in [0.3, 0.4) is 0 Å². The minimum absolute atomic E-state index is 0.0557. The summed E-state index contributed by atoms with van der Waals surface area (Å²) in [5.74, 6) is -0.284. The van der Waals surface area contributed by atoms with E-state index < -0.39 is 11.6 Å². The molecule has 0 saturated heterocycles. The van der Waals surface area contributed by atoms with Crippen molar-refractivity contribution in [1.29, 1.82) is 0 Å². The van der Waals surface area contributed by atoms with Crippen LogP contribution in [-0.4, -0.2) is 58.0 Å². The van der Waals surface area contributed by atoms with E-state index in [1.165, 1.54) is 7.11 Å². The summed E-state index contributed by atoms with van der Waals surface area (Å²) in [4.78, 5) is 31.9. The number of carbonyl (C=O) groups excluding carboxylic acids is 2. The molecule has 6 nitrogen and oxygen atoms in total. The molecule has 0 N–H and O–H groups in total. The summed E-state index contributed by atoms with van der Waals surface area (Å²) in [6.45, 7) is 1.61. The second kappa shape index (κ2) is 10.9. The predicted octanol–water partition coefficient (Wildman–Crippen LogP) is 5.92. The lowest BCUT2D eigenvalue weighted by Crippen LogP contribution is -2.41. The molecule has 0 saturated carbocycles. The first kappa shape index (κ1) is 26.4. The van der Waals surface area contributed by atoms with Crippen LogP contribution in [0.25, 0.3) is 10.8 Å². The largest absolute Gasteiger partial charge is 0.476 e. The van der Waals surface area contributed by atoms with Gasteiger partial charge < -0.3 is 19.3 Å². The fourth-order valence-electron chi connectivity index (χ4n) is 5.62. The number of hydrogen-bond acceptors (Lipinski definition) is 6. The number of hydrogen-bond donors (Lipinski definition) is 0. The van der Waals surface area contributed by atoms with Crippen molar-refractivity contribution >= 4 is 28.2 Å². The van der Waals surface area contributed by atoms with Crippen LogP contribution in [0.1, 0.15) is 44.7 Å². The number of nitrogens with zero attached hydrogens (tertiary/aromatic N) is 2. The molecule has 200 valence electrons. The average molecular weight is 523 g/mol. The monoisotopic (exact) mass is 522 g/mol. The van der Waals surface area contributed by atoms with Gasteiger partial charge in [0.25, 0.3) is 0 Å². The van der Waals surface area contributed by atoms with Crippen molar-refractivity contribution in [2.24, 2.45) is 0 Å². The molecule has 0 unspecified atom stereocenters. The third-order valence-electron chi connectivity index (χ3n) is 7.46. The molecule has 1 aliphatic rings. The molecule has 1 aliphatic heterocycles. The maximum atomic E-state index is 14.3. The molecule has 0 spiro atoms. The number of anilines is 1. The van der Waals surface area contributed by atoms with E-state index in [9.17, 15) is 9.59 Å². The van der Waals surface area contributed by atoms with Gasteiger partial charge in [-0.1, -0.05) is 84.9 Å². The number of esters is 1. The molecule has 0 amide bonds. The molecule has 4 aromatic carbocycles. The van der Waals surface area contributed by atoms with E-state index in [0.717, 1.165) is 34.9 Å². The molecular weight excluding hydrogens is 488 g/mol. The zero-order valence-corrected chi connectivity index (χ0v) is 22.9. The molecule has 4 aromatic rings. The second-order valence-corrected chi connectivity index (χ2v) is 10.3. The quantitative estimate of drug-likeness (QED) is 0.268. The Morgan fingerprint density at radius 1 is 0.846 bits per heavy atom. The smallest absolute Gasteiger partial charge is 0.340 e. The number of methoxy groups -OCH3 is 1. The van der Waals surface area contributed by atoms with E-state index in [-0.39, 0.29) is 23.3 Å². The summed E-state index contributed by atoms with van der Waals surface area (Å²) in [6, 6.07) is 27.5. The normalized spacial score (nSPS) is 14.1. The van der Waals surface area contributed by atoms with Gasteiger partial charge in [-0.05, 0) is 27.1 Å². The van der Waals surface area contributed by atoms with Crippen molar-refractivity contribution < 1.29 is 19.1 Å². The summed E-state index contributed by atoms with van der Waals surface area (Å²) in [6.07, 6.45) is 0.950. The van der Waals surface area contributed by atoms with Gasteiger partial charge in [0, 0.05) is 35.5 Å². The van der Waals surface area contributed by atoms with E-state index in [1.807, 2.05) is 106 Å². The Labute approximate surface area is 229 Å². The van der Waals surface area contributed by atoms with Crippen LogP contribution in [0.15, 0.2) is 84.9 Å². The summed E-state index contributed by atoms with van der Waals surface area (Å²) < 4.78 is 12.3. The molecule has 0 atom stereocenters. The molecule has 1 heterocycles. The van der Waals surface area contributed by atoms with Gasteiger partial charge >= 0.3 is 5.97 Å². The molecule has 6 heteroatoms. The van der Waals surface area contributed by atoms with E-state index in [4.69, 9.17) is 9.47 Å². The zero-order valence-electron chi connectivity index (χ0n) is 22.9. The number of fused-ring (bicyclic) bond motifs is 3. The van der Waals surface area contributed by atoms with Crippen LogP contribution < -0.4 is 9.64 Å². The lowest BCUT2D eigenvalue weighted by Gasteiger charge is -2.40. The van der Waals surface area contributed by atoms with E-state index >= 15 is 0 Å². The molecular formula is C33H34N2O4. The van der Waals surface area contributed by atoms with Crippen LogP contribution >= 0.6 is 0 Å².